The van der Waals surface area contributed by atoms with E-state index in [0.29, 0.717) is 18.7 Å². The van der Waals surface area contributed by atoms with Gasteiger partial charge in [-0.1, -0.05) is 0 Å². The maximum Gasteiger partial charge on any atom is 0.126 e. The van der Waals surface area contributed by atoms with Crippen molar-refractivity contribution in [3.05, 3.63) is 35.4 Å². The molecular weight excluding hydrogens is 302 g/mol. The molecule has 2 heterocycles. The number of β-amino-alcohol motifs (C(OH)–C–C–N with tert-alkyl or cyclic N) is 1. The van der Waals surface area contributed by atoms with Gasteiger partial charge in [0.2, 0.25) is 0 Å². The van der Waals surface area contributed by atoms with Crippen molar-refractivity contribution in [2.75, 3.05) is 26.2 Å². The normalized spacial score (nSPS) is 28.2. The number of aliphatic hydroxyl groups is 2. The van der Waals surface area contributed by atoms with Gasteiger partial charge in [0.05, 0.1) is 12.2 Å². The molecule has 6 heteroatoms. The lowest BCUT2D eigenvalue weighted by Gasteiger charge is -2.43. The minimum Gasteiger partial charge on any atom is -0.393 e. The molecule has 2 aliphatic rings. The number of nitrogens with zero attached hydrogens (tertiary/aromatic N) is 2. The lowest BCUT2D eigenvalue weighted by molar-refractivity contribution is -0.0355. The predicted molar refractivity (Wildman–Crippen MR) is 82.9 cm³/mol. The highest BCUT2D eigenvalue weighted by Crippen LogP contribution is 2.23. The highest BCUT2D eigenvalue weighted by Gasteiger charge is 2.33. The maximum absolute atomic E-state index is 13.3. The first-order valence-electron chi connectivity index (χ1n) is 8.29. The molecule has 1 aromatic rings. The van der Waals surface area contributed by atoms with E-state index >= 15 is 0 Å². The number of hydrogen-bond acceptors (Lipinski definition) is 4. The summed E-state index contributed by atoms with van der Waals surface area (Å²) in [5, 5.41) is 20.0. The Morgan fingerprint density at radius 1 is 0.957 bits per heavy atom. The molecule has 128 valence electrons. The summed E-state index contributed by atoms with van der Waals surface area (Å²) in [6.07, 6.45) is 1.66. The summed E-state index contributed by atoms with van der Waals surface area (Å²) in [7, 11) is 0. The first-order chi connectivity index (χ1) is 11.0. The minimum absolute atomic E-state index is 0.114. The van der Waals surface area contributed by atoms with Crippen LogP contribution in [0.1, 0.15) is 24.8 Å². The van der Waals surface area contributed by atoms with E-state index in [2.05, 4.69) is 4.90 Å². The van der Waals surface area contributed by atoms with E-state index in [9.17, 15) is 19.0 Å². The van der Waals surface area contributed by atoms with Crippen LogP contribution in [0.4, 0.5) is 8.78 Å². The average Bonchev–Trinajstić information content (AvgIpc) is 2.47. The zero-order chi connectivity index (χ0) is 16.4. The molecule has 2 atom stereocenters. The van der Waals surface area contributed by atoms with Crippen LogP contribution in [0.2, 0.25) is 0 Å². The number of piperidine rings is 2. The van der Waals surface area contributed by atoms with Crippen molar-refractivity contribution in [3.8, 4) is 0 Å². The Balaban J connectivity index is 1.55. The van der Waals surface area contributed by atoms with Crippen LogP contribution in [0.3, 0.4) is 0 Å². The Hall–Kier alpha value is -1.08. The molecule has 2 N–H and O–H groups in total. The molecule has 2 aliphatic heterocycles. The molecule has 0 aliphatic carbocycles. The molecule has 0 amide bonds. The van der Waals surface area contributed by atoms with Gasteiger partial charge in [-0.05, 0) is 37.0 Å². The number of likely N-dealkylation sites (tertiary alicyclic amines) is 2. The zero-order valence-electron chi connectivity index (χ0n) is 13.2. The van der Waals surface area contributed by atoms with Gasteiger partial charge in [-0.25, -0.2) is 8.78 Å². The molecule has 1 aromatic carbocycles. The number of hydrogen-bond donors (Lipinski definition) is 2. The SMILES string of the molecule is OC1CCN([C@@H]2CCN(Cc3cc(F)cc(F)c3)C[C@H]2O)CC1. The molecule has 23 heavy (non-hydrogen) atoms. The Kier molecular flexibility index (Phi) is 5.26. The van der Waals surface area contributed by atoms with Crippen LogP contribution in [0.15, 0.2) is 18.2 Å². The van der Waals surface area contributed by atoms with E-state index < -0.39 is 17.7 Å². The van der Waals surface area contributed by atoms with Crippen molar-refractivity contribution < 1.29 is 19.0 Å². The quantitative estimate of drug-likeness (QED) is 0.880. The molecule has 3 rings (SSSR count). The smallest absolute Gasteiger partial charge is 0.126 e. The van der Waals surface area contributed by atoms with E-state index in [1.165, 1.54) is 12.1 Å². The van der Waals surface area contributed by atoms with Gasteiger partial charge in [0.1, 0.15) is 11.6 Å². The standard InChI is InChI=1S/C17H24F2N2O2/c18-13-7-12(8-14(19)9-13)10-20-4-3-16(17(23)11-20)21-5-1-15(22)2-6-21/h7-9,15-17,22-23H,1-6,10-11H2/t16-,17-/m1/s1. The van der Waals surface area contributed by atoms with Crippen LogP contribution >= 0.6 is 0 Å². The Labute approximate surface area is 135 Å². The van der Waals surface area contributed by atoms with Gasteiger partial charge < -0.3 is 10.2 Å². The monoisotopic (exact) mass is 326 g/mol. The molecule has 0 spiro atoms. The fraction of sp³-hybridized carbons (Fsp3) is 0.647. The molecule has 2 saturated heterocycles. The zero-order valence-corrected chi connectivity index (χ0v) is 13.2. The first-order valence-corrected chi connectivity index (χ1v) is 8.29. The lowest BCUT2D eigenvalue weighted by atomic mass is 9.96. The van der Waals surface area contributed by atoms with Crippen molar-refractivity contribution in [2.45, 2.75) is 44.1 Å². The summed E-state index contributed by atoms with van der Waals surface area (Å²) in [6.45, 7) is 3.37. The van der Waals surface area contributed by atoms with E-state index in [0.717, 1.165) is 45.0 Å². The van der Waals surface area contributed by atoms with Gasteiger partial charge in [-0.15, -0.1) is 0 Å². The molecule has 0 aromatic heterocycles. The van der Waals surface area contributed by atoms with Crippen molar-refractivity contribution >= 4 is 0 Å². The van der Waals surface area contributed by atoms with E-state index in [1.807, 2.05) is 4.90 Å². The second-order valence-electron chi connectivity index (χ2n) is 6.70. The number of halogens is 2. The Morgan fingerprint density at radius 2 is 1.61 bits per heavy atom. The van der Waals surface area contributed by atoms with Gasteiger partial charge >= 0.3 is 0 Å². The van der Waals surface area contributed by atoms with E-state index in [1.54, 1.807) is 0 Å². The molecule has 0 saturated carbocycles. The molecular formula is C17H24F2N2O2. The van der Waals surface area contributed by atoms with E-state index in [4.69, 9.17) is 0 Å². The highest BCUT2D eigenvalue weighted by atomic mass is 19.1. The predicted octanol–water partition coefficient (Wildman–Crippen LogP) is 1.36. The van der Waals surface area contributed by atoms with E-state index in [-0.39, 0.29) is 12.1 Å². The number of benzene rings is 1. The second kappa shape index (κ2) is 7.21. The van der Waals surface area contributed by atoms with Crippen molar-refractivity contribution in [1.82, 2.24) is 9.80 Å². The average molecular weight is 326 g/mol. The van der Waals surface area contributed by atoms with Gasteiger partial charge in [0.25, 0.3) is 0 Å². The summed E-state index contributed by atoms with van der Waals surface area (Å²) >= 11 is 0. The van der Waals surface area contributed by atoms with Crippen LogP contribution in [0.5, 0.6) is 0 Å². The maximum atomic E-state index is 13.3. The summed E-state index contributed by atoms with van der Waals surface area (Å²) in [4.78, 5) is 4.30. The molecule has 4 nitrogen and oxygen atoms in total. The number of rotatable bonds is 3. The van der Waals surface area contributed by atoms with Crippen molar-refractivity contribution in [1.29, 1.82) is 0 Å². The van der Waals surface area contributed by atoms with Crippen LogP contribution in [0.25, 0.3) is 0 Å². The minimum atomic E-state index is -0.567. The van der Waals surface area contributed by atoms with Crippen molar-refractivity contribution in [2.24, 2.45) is 0 Å². The summed E-state index contributed by atoms with van der Waals surface area (Å²) < 4.78 is 26.5. The molecule has 0 unspecified atom stereocenters. The summed E-state index contributed by atoms with van der Waals surface area (Å²) in [6, 6.07) is 3.67. The molecule has 2 fully saturated rings. The second-order valence-corrected chi connectivity index (χ2v) is 6.70. The first kappa shape index (κ1) is 16.8. The third-order valence-electron chi connectivity index (χ3n) is 4.93. The topological polar surface area (TPSA) is 46.9 Å². The van der Waals surface area contributed by atoms with Gasteiger partial charge in [-0.3, -0.25) is 9.80 Å². The lowest BCUT2D eigenvalue weighted by Crippen LogP contribution is -2.55. The molecule has 0 radical (unpaired) electrons. The van der Waals surface area contributed by atoms with Crippen LogP contribution in [-0.4, -0.2) is 64.4 Å². The fourth-order valence-electron chi connectivity index (χ4n) is 3.73. The van der Waals surface area contributed by atoms with Gasteiger partial charge in [0, 0.05) is 44.8 Å². The Morgan fingerprint density at radius 3 is 2.22 bits per heavy atom. The summed E-state index contributed by atoms with van der Waals surface area (Å²) in [5.41, 5.74) is 0.592. The van der Waals surface area contributed by atoms with Gasteiger partial charge in [0.15, 0.2) is 0 Å². The van der Waals surface area contributed by atoms with Crippen LogP contribution in [-0.2, 0) is 6.54 Å². The number of aliphatic hydroxyl groups excluding tert-OH is 2. The molecule has 0 bridgehead atoms. The van der Waals surface area contributed by atoms with Crippen molar-refractivity contribution in [3.63, 3.8) is 0 Å². The third kappa shape index (κ3) is 4.26. The highest BCUT2D eigenvalue weighted by molar-refractivity contribution is 5.18. The Bertz CT molecular complexity index is 515. The van der Waals surface area contributed by atoms with Crippen LogP contribution < -0.4 is 0 Å². The third-order valence-corrected chi connectivity index (χ3v) is 4.93. The van der Waals surface area contributed by atoms with Gasteiger partial charge in [-0.2, -0.15) is 0 Å². The largest absolute Gasteiger partial charge is 0.393 e. The van der Waals surface area contributed by atoms with Crippen LogP contribution in [0, 0.1) is 11.6 Å². The fourth-order valence-corrected chi connectivity index (χ4v) is 3.73. The summed E-state index contributed by atoms with van der Waals surface area (Å²) in [5.74, 6) is -1.13.